The number of ketones is 1. The molecule has 0 bridgehead atoms. The van der Waals surface area contributed by atoms with Crippen molar-refractivity contribution < 1.29 is 13.9 Å². The first kappa shape index (κ1) is 19.8. The molecular formula is C20H12Cl4O3. The van der Waals surface area contributed by atoms with Crippen molar-refractivity contribution in [2.45, 2.75) is 6.61 Å². The molecule has 2 aromatic carbocycles. The lowest BCUT2D eigenvalue weighted by Crippen LogP contribution is -1.95. The fourth-order valence-corrected chi connectivity index (χ4v) is 3.20. The van der Waals surface area contributed by atoms with Crippen LogP contribution in [0.15, 0.2) is 59.0 Å². The lowest BCUT2D eigenvalue weighted by Gasteiger charge is -2.06. The summed E-state index contributed by atoms with van der Waals surface area (Å²) < 4.78 is 11.2. The summed E-state index contributed by atoms with van der Waals surface area (Å²) in [5, 5.41) is 1.71. The first-order valence-electron chi connectivity index (χ1n) is 7.76. The van der Waals surface area contributed by atoms with E-state index < -0.39 is 0 Å². The van der Waals surface area contributed by atoms with Crippen molar-refractivity contribution in [2.75, 3.05) is 0 Å². The Kier molecular flexibility index (Phi) is 6.51. The van der Waals surface area contributed by atoms with Crippen LogP contribution in [0, 0.1) is 0 Å². The normalized spacial score (nSPS) is 11.1. The van der Waals surface area contributed by atoms with Crippen LogP contribution < -0.4 is 4.74 Å². The van der Waals surface area contributed by atoms with E-state index in [9.17, 15) is 4.79 Å². The standard InChI is InChI=1S/C20H12Cl4O3/c21-12-1-6-16(17(23)9-12)19(25)7-5-14-3-4-15(27-14)11-26-20-8-2-13(22)10-18(20)24/h1-10H,11H2/b7-5+. The summed E-state index contributed by atoms with van der Waals surface area (Å²) in [6.07, 6.45) is 2.95. The number of halogens is 4. The smallest absolute Gasteiger partial charge is 0.187 e. The molecule has 0 saturated carbocycles. The highest BCUT2D eigenvalue weighted by atomic mass is 35.5. The zero-order valence-corrected chi connectivity index (χ0v) is 16.7. The second kappa shape index (κ2) is 8.85. The second-order valence-corrected chi connectivity index (χ2v) is 7.18. The number of carbonyl (C=O) groups excluding carboxylic acids is 1. The molecule has 0 atom stereocenters. The number of rotatable bonds is 6. The molecule has 0 N–H and O–H groups in total. The van der Waals surface area contributed by atoms with Crippen molar-refractivity contribution in [1.29, 1.82) is 0 Å². The van der Waals surface area contributed by atoms with Crippen LogP contribution in [0.25, 0.3) is 6.08 Å². The van der Waals surface area contributed by atoms with Gasteiger partial charge in [-0.2, -0.15) is 0 Å². The van der Waals surface area contributed by atoms with Gasteiger partial charge in [-0.3, -0.25) is 4.79 Å². The number of carbonyl (C=O) groups is 1. The summed E-state index contributed by atoms with van der Waals surface area (Å²) >= 11 is 23.8. The van der Waals surface area contributed by atoms with Crippen LogP contribution >= 0.6 is 46.4 Å². The Balaban J connectivity index is 1.63. The third-order valence-corrected chi connectivity index (χ3v) is 4.62. The number of benzene rings is 2. The number of hydrogen-bond acceptors (Lipinski definition) is 3. The van der Waals surface area contributed by atoms with Crippen molar-refractivity contribution >= 4 is 58.3 Å². The molecule has 0 spiro atoms. The number of furan rings is 1. The number of hydrogen-bond donors (Lipinski definition) is 0. The van der Waals surface area contributed by atoms with Gasteiger partial charge in [0.15, 0.2) is 5.78 Å². The number of ether oxygens (including phenoxy) is 1. The minimum absolute atomic E-state index is 0.187. The van der Waals surface area contributed by atoms with E-state index in [0.29, 0.717) is 42.9 Å². The third kappa shape index (κ3) is 5.30. The van der Waals surface area contributed by atoms with E-state index in [4.69, 9.17) is 55.6 Å². The van der Waals surface area contributed by atoms with Crippen LogP contribution in [-0.2, 0) is 6.61 Å². The van der Waals surface area contributed by atoms with Gasteiger partial charge in [-0.25, -0.2) is 0 Å². The van der Waals surface area contributed by atoms with Gasteiger partial charge >= 0.3 is 0 Å². The molecule has 138 valence electrons. The Bertz CT molecular complexity index is 1010. The maximum absolute atomic E-state index is 12.2. The topological polar surface area (TPSA) is 39.4 Å². The van der Waals surface area contributed by atoms with Crippen LogP contribution in [0.3, 0.4) is 0 Å². The first-order valence-corrected chi connectivity index (χ1v) is 9.27. The van der Waals surface area contributed by atoms with E-state index in [-0.39, 0.29) is 12.4 Å². The molecule has 1 aromatic heterocycles. The Morgan fingerprint density at radius 3 is 2.33 bits per heavy atom. The molecule has 0 unspecified atom stereocenters. The summed E-state index contributed by atoms with van der Waals surface area (Å²) in [7, 11) is 0. The van der Waals surface area contributed by atoms with Gasteiger partial charge < -0.3 is 9.15 Å². The molecule has 0 radical (unpaired) electrons. The minimum Gasteiger partial charge on any atom is -0.484 e. The Hall–Kier alpha value is -1.91. The molecule has 27 heavy (non-hydrogen) atoms. The van der Waals surface area contributed by atoms with Crippen LogP contribution in [0.4, 0.5) is 0 Å². The Morgan fingerprint density at radius 1 is 0.926 bits per heavy atom. The predicted molar refractivity (Wildman–Crippen MR) is 109 cm³/mol. The maximum Gasteiger partial charge on any atom is 0.187 e. The lowest BCUT2D eigenvalue weighted by molar-refractivity contribution is 0.104. The van der Waals surface area contributed by atoms with Gasteiger partial charge in [0.2, 0.25) is 0 Å². The SMILES string of the molecule is O=C(/C=C/c1ccc(COc2ccc(Cl)cc2Cl)o1)c1ccc(Cl)cc1Cl. The quantitative estimate of drug-likeness (QED) is 0.296. The molecule has 0 aliphatic carbocycles. The summed E-state index contributed by atoms with van der Waals surface area (Å²) in [5.74, 6) is 1.34. The molecule has 0 amide bonds. The van der Waals surface area contributed by atoms with E-state index >= 15 is 0 Å². The summed E-state index contributed by atoms with van der Waals surface area (Å²) in [5.41, 5.74) is 0.366. The van der Waals surface area contributed by atoms with Gasteiger partial charge in [0, 0.05) is 15.6 Å². The van der Waals surface area contributed by atoms with Gasteiger partial charge in [-0.1, -0.05) is 46.4 Å². The molecule has 3 aromatic rings. The van der Waals surface area contributed by atoms with E-state index in [1.54, 1.807) is 48.5 Å². The second-order valence-electron chi connectivity index (χ2n) is 5.49. The van der Waals surface area contributed by atoms with Crippen molar-refractivity contribution in [3.63, 3.8) is 0 Å². The van der Waals surface area contributed by atoms with Gasteiger partial charge in [-0.05, 0) is 60.7 Å². The number of allylic oxidation sites excluding steroid dienone is 1. The molecule has 0 fully saturated rings. The van der Waals surface area contributed by atoms with Crippen LogP contribution in [0.1, 0.15) is 21.9 Å². The largest absolute Gasteiger partial charge is 0.484 e. The molecule has 0 aliphatic rings. The van der Waals surface area contributed by atoms with Crippen LogP contribution in [-0.4, -0.2) is 5.78 Å². The highest BCUT2D eigenvalue weighted by Crippen LogP contribution is 2.28. The zero-order valence-electron chi connectivity index (χ0n) is 13.7. The fourth-order valence-electron chi connectivity index (χ4n) is 2.24. The average Bonchev–Trinajstić information content (AvgIpc) is 3.07. The maximum atomic E-state index is 12.2. The van der Waals surface area contributed by atoms with Gasteiger partial charge in [0.1, 0.15) is 23.9 Å². The highest BCUT2D eigenvalue weighted by Gasteiger charge is 2.09. The fraction of sp³-hybridized carbons (Fsp3) is 0.0500. The Labute approximate surface area is 176 Å². The molecule has 1 heterocycles. The predicted octanol–water partition coefficient (Wildman–Crippen LogP) is 7.37. The van der Waals surface area contributed by atoms with Crippen molar-refractivity contribution in [2.24, 2.45) is 0 Å². The van der Waals surface area contributed by atoms with Gasteiger partial charge in [0.25, 0.3) is 0 Å². The van der Waals surface area contributed by atoms with Crippen molar-refractivity contribution in [1.82, 2.24) is 0 Å². The van der Waals surface area contributed by atoms with Crippen LogP contribution in [0.2, 0.25) is 20.1 Å². The molecular weight excluding hydrogens is 430 g/mol. The monoisotopic (exact) mass is 440 g/mol. The van der Waals surface area contributed by atoms with E-state index in [0.717, 1.165) is 0 Å². The molecule has 3 rings (SSSR count). The van der Waals surface area contributed by atoms with Crippen molar-refractivity contribution in [3.05, 3.63) is 91.8 Å². The average molecular weight is 442 g/mol. The van der Waals surface area contributed by atoms with E-state index in [1.807, 2.05) is 0 Å². The van der Waals surface area contributed by atoms with Gasteiger partial charge in [0.05, 0.1) is 10.0 Å². The van der Waals surface area contributed by atoms with Crippen molar-refractivity contribution in [3.8, 4) is 5.75 Å². The molecule has 0 saturated heterocycles. The van der Waals surface area contributed by atoms with E-state index in [1.165, 1.54) is 12.1 Å². The molecule has 7 heteroatoms. The van der Waals surface area contributed by atoms with Crippen LogP contribution in [0.5, 0.6) is 5.75 Å². The molecule has 0 aliphatic heterocycles. The summed E-state index contributed by atoms with van der Waals surface area (Å²) in [6, 6.07) is 13.2. The summed E-state index contributed by atoms with van der Waals surface area (Å²) in [6.45, 7) is 0.187. The minimum atomic E-state index is -0.251. The lowest BCUT2D eigenvalue weighted by atomic mass is 10.1. The Morgan fingerprint density at radius 2 is 1.63 bits per heavy atom. The first-order chi connectivity index (χ1) is 12.9. The third-order valence-electron chi connectivity index (χ3n) is 3.54. The highest BCUT2D eigenvalue weighted by molar-refractivity contribution is 6.37. The van der Waals surface area contributed by atoms with E-state index in [2.05, 4.69) is 0 Å². The zero-order chi connectivity index (χ0) is 19.4. The van der Waals surface area contributed by atoms with Gasteiger partial charge in [-0.15, -0.1) is 0 Å². The summed E-state index contributed by atoms with van der Waals surface area (Å²) in [4.78, 5) is 12.2. The molecule has 3 nitrogen and oxygen atoms in total.